The molecule has 1 saturated carbocycles. The fourth-order valence-corrected chi connectivity index (χ4v) is 10.1. The molecule has 0 heterocycles. The minimum absolute atomic E-state index is 0.196. The summed E-state index contributed by atoms with van der Waals surface area (Å²) in [5, 5.41) is 26.8. The average Bonchev–Trinajstić information content (AvgIpc) is 3.19. The predicted molar refractivity (Wildman–Crippen MR) is 221 cm³/mol. The SMILES string of the molecule is CCCc1ccc(C2CC=C(c3ccc4c(-c5c(O)ccc6cc(C7=CCC([C@H]8CC[C@H](CCC)CC8)CC7)ccc56)c(O)ccc4c3)CC2)cc1. The highest BCUT2D eigenvalue weighted by Crippen LogP contribution is 2.47. The standard InChI is InChI=1S/C50H56O2/c1-3-5-33-7-11-35(12-8-33)37-15-19-39(20-16-37)41-23-27-45-43(31-41)25-29-47(51)49(45)50-46-28-24-42(32-44(46)26-30-48(50)52)40-21-17-38(18-22-40)36-13-9-34(6-4-2)10-14-36/h7-8,11-12,19,21,23-32,34,36-38,51-52H,3-6,9-10,13-18,20,22H2,1-2H3/t34-,36-,37?,38?. The van der Waals surface area contributed by atoms with Crippen molar-refractivity contribution in [3.8, 4) is 22.6 Å². The number of fused-ring (bicyclic) bond motifs is 2. The number of aromatic hydroxyl groups is 2. The highest BCUT2D eigenvalue weighted by molar-refractivity contribution is 6.10. The topological polar surface area (TPSA) is 40.5 Å². The number of allylic oxidation sites excluding steroid dienone is 4. The lowest BCUT2D eigenvalue weighted by atomic mass is 9.70. The Morgan fingerprint density at radius 2 is 1.15 bits per heavy atom. The van der Waals surface area contributed by atoms with E-state index in [-0.39, 0.29) is 11.5 Å². The fourth-order valence-electron chi connectivity index (χ4n) is 10.1. The predicted octanol–water partition coefficient (Wildman–Crippen LogP) is 14.2. The molecule has 52 heavy (non-hydrogen) atoms. The van der Waals surface area contributed by atoms with Crippen LogP contribution in [-0.4, -0.2) is 10.2 Å². The number of hydrogen-bond donors (Lipinski definition) is 2. The van der Waals surface area contributed by atoms with Crippen molar-refractivity contribution in [1.82, 2.24) is 0 Å². The molecule has 5 aromatic carbocycles. The van der Waals surface area contributed by atoms with Gasteiger partial charge in [-0.1, -0.05) is 119 Å². The molecule has 0 spiro atoms. The van der Waals surface area contributed by atoms with Gasteiger partial charge < -0.3 is 10.2 Å². The lowest BCUT2D eigenvalue weighted by Gasteiger charge is -2.35. The average molecular weight is 689 g/mol. The first-order valence-electron chi connectivity index (χ1n) is 20.5. The summed E-state index contributed by atoms with van der Waals surface area (Å²) in [6, 6.07) is 30.2. The molecule has 2 unspecified atom stereocenters. The monoisotopic (exact) mass is 688 g/mol. The molecule has 8 rings (SSSR count). The molecule has 0 aliphatic heterocycles. The maximum atomic E-state index is 11.4. The van der Waals surface area contributed by atoms with E-state index >= 15 is 0 Å². The quantitative estimate of drug-likeness (QED) is 0.162. The van der Waals surface area contributed by atoms with Crippen molar-refractivity contribution in [2.45, 2.75) is 110 Å². The zero-order valence-corrected chi connectivity index (χ0v) is 31.3. The number of hydrogen-bond acceptors (Lipinski definition) is 2. The molecule has 268 valence electrons. The summed E-state index contributed by atoms with van der Waals surface area (Å²) < 4.78 is 0. The Bertz CT molecular complexity index is 2110. The third kappa shape index (κ3) is 7.06. The first-order chi connectivity index (χ1) is 25.5. The molecular weight excluding hydrogens is 633 g/mol. The van der Waals surface area contributed by atoms with E-state index < -0.39 is 0 Å². The van der Waals surface area contributed by atoms with Crippen molar-refractivity contribution in [2.24, 2.45) is 17.8 Å². The van der Waals surface area contributed by atoms with E-state index in [1.807, 2.05) is 12.1 Å². The van der Waals surface area contributed by atoms with Crippen molar-refractivity contribution in [3.05, 3.63) is 119 Å². The van der Waals surface area contributed by atoms with E-state index in [1.54, 1.807) is 12.1 Å². The van der Waals surface area contributed by atoms with E-state index in [9.17, 15) is 10.2 Å². The van der Waals surface area contributed by atoms with Crippen LogP contribution in [0.3, 0.4) is 0 Å². The Kier molecular flexibility index (Phi) is 10.3. The Hall–Kier alpha value is -4.30. The highest BCUT2D eigenvalue weighted by Gasteiger charge is 2.29. The fraction of sp³-hybridized carbons (Fsp3) is 0.400. The van der Waals surface area contributed by atoms with Crippen molar-refractivity contribution < 1.29 is 10.2 Å². The molecule has 2 nitrogen and oxygen atoms in total. The zero-order valence-electron chi connectivity index (χ0n) is 31.3. The van der Waals surface area contributed by atoms with Gasteiger partial charge in [0.05, 0.1) is 0 Å². The van der Waals surface area contributed by atoms with Crippen LogP contribution in [0, 0.1) is 17.8 Å². The molecule has 2 atom stereocenters. The maximum Gasteiger partial charge on any atom is 0.124 e. The van der Waals surface area contributed by atoms with Gasteiger partial charge in [0.15, 0.2) is 0 Å². The number of phenolic OH excluding ortho intramolecular Hbond substituents is 2. The smallest absolute Gasteiger partial charge is 0.124 e. The molecular formula is C50H56O2. The van der Waals surface area contributed by atoms with Crippen molar-refractivity contribution in [3.63, 3.8) is 0 Å². The van der Waals surface area contributed by atoms with E-state index in [0.717, 1.165) is 71.4 Å². The largest absolute Gasteiger partial charge is 0.507 e. The normalized spacial score (nSPS) is 22.3. The molecule has 3 aliphatic carbocycles. The molecule has 0 amide bonds. The van der Waals surface area contributed by atoms with Crippen LogP contribution in [0.2, 0.25) is 0 Å². The minimum Gasteiger partial charge on any atom is -0.507 e. The minimum atomic E-state index is 0.196. The molecule has 1 fully saturated rings. The number of phenols is 2. The first kappa shape index (κ1) is 34.8. The Morgan fingerprint density at radius 3 is 1.67 bits per heavy atom. The molecule has 0 radical (unpaired) electrons. The third-order valence-electron chi connectivity index (χ3n) is 13.1. The zero-order chi connectivity index (χ0) is 35.6. The van der Waals surface area contributed by atoms with Gasteiger partial charge in [0.1, 0.15) is 11.5 Å². The van der Waals surface area contributed by atoms with Gasteiger partial charge in [0.25, 0.3) is 0 Å². The van der Waals surface area contributed by atoms with Gasteiger partial charge in [0.2, 0.25) is 0 Å². The Labute approximate surface area is 311 Å². The van der Waals surface area contributed by atoms with Crippen molar-refractivity contribution in [1.29, 1.82) is 0 Å². The third-order valence-corrected chi connectivity index (χ3v) is 13.1. The van der Waals surface area contributed by atoms with E-state index in [0.29, 0.717) is 17.0 Å². The van der Waals surface area contributed by atoms with Gasteiger partial charge >= 0.3 is 0 Å². The second-order valence-electron chi connectivity index (χ2n) is 16.3. The number of aryl methyl sites for hydroxylation is 1. The second kappa shape index (κ2) is 15.4. The van der Waals surface area contributed by atoms with Gasteiger partial charge in [-0.2, -0.15) is 0 Å². The molecule has 2 heteroatoms. The molecule has 3 aliphatic rings. The summed E-state index contributed by atoms with van der Waals surface area (Å²) in [5.74, 6) is 3.68. The van der Waals surface area contributed by atoms with Crippen LogP contribution in [0.15, 0.2) is 97.1 Å². The van der Waals surface area contributed by atoms with Crippen LogP contribution in [0.25, 0.3) is 43.8 Å². The first-order valence-corrected chi connectivity index (χ1v) is 20.5. The second-order valence-corrected chi connectivity index (χ2v) is 16.3. The Morgan fingerprint density at radius 1 is 0.558 bits per heavy atom. The summed E-state index contributed by atoms with van der Waals surface area (Å²) in [4.78, 5) is 0. The van der Waals surface area contributed by atoms with E-state index in [4.69, 9.17) is 0 Å². The highest BCUT2D eigenvalue weighted by atomic mass is 16.3. The van der Waals surface area contributed by atoms with Gasteiger partial charge in [-0.15, -0.1) is 0 Å². The number of rotatable bonds is 9. The lowest BCUT2D eigenvalue weighted by molar-refractivity contribution is 0.189. The summed E-state index contributed by atoms with van der Waals surface area (Å²) in [5.41, 5.74) is 9.70. The van der Waals surface area contributed by atoms with Crippen LogP contribution in [-0.2, 0) is 6.42 Å². The summed E-state index contributed by atoms with van der Waals surface area (Å²) >= 11 is 0. The summed E-state index contributed by atoms with van der Waals surface area (Å²) in [6.07, 6.45) is 22.7. The molecule has 0 aromatic heterocycles. The van der Waals surface area contributed by atoms with Crippen molar-refractivity contribution >= 4 is 32.7 Å². The van der Waals surface area contributed by atoms with Crippen LogP contribution in [0.1, 0.15) is 125 Å². The van der Waals surface area contributed by atoms with Gasteiger partial charge in [-0.25, -0.2) is 0 Å². The molecule has 2 N–H and O–H groups in total. The van der Waals surface area contributed by atoms with Gasteiger partial charge in [0, 0.05) is 11.1 Å². The Balaban J connectivity index is 1.03. The van der Waals surface area contributed by atoms with E-state index in [1.165, 1.54) is 91.2 Å². The van der Waals surface area contributed by atoms with Crippen LogP contribution >= 0.6 is 0 Å². The van der Waals surface area contributed by atoms with Crippen molar-refractivity contribution in [2.75, 3.05) is 0 Å². The van der Waals surface area contributed by atoms with E-state index in [2.05, 4.69) is 86.7 Å². The molecule has 5 aromatic rings. The molecule has 0 bridgehead atoms. The van der Waals surface area contributed by atoms with Gasteiger partial charge in [-0.05, 0) is 161 Å². The summed E-state index contributed by atoms with van der Waals surface area (Å²) in [7, 11) is 0. The number of benzene rings is 5. The molecule has 0 saturated heterocycles. The van der Waals surface area contributed by atoms with Crippen LogP contribution in [0.5, 0.6) is 11.5 Å². The van der Waals surface area contributed by atoms with Crippen LogP contribution in [0.4, 0.5) is 0 Å². The lowest BCUT2D eigenvalue weighted by Crippen LogP contribution is -2.23. The maximum absolute atomic E-state index is 11.4. The van der Waals surface area contributed by atoms with Gasteiger partial charge in [-0.3, -0.25) is 0 Å². The summed E-state index contributed by atoms with van der Waals surface area (Å²) in [6.45, 7) is 4.57. The van der Waals surface area contributed by atoms with Crippen LogP contribution < -0.4 is 0 Å².